The normalized spacial score (nSPS) is 18.4. The lowest BCUT2D eigenvalue weighted by atomic mass is 10.0. The van der Waals surface area contributed by atoms with Gasteiger partial charge >= 0.3 is 0 Å². The van der Waals surface area contributed by atoms with E-state index in [0.717, 1.165) is 42.9 Å². The summed E-state index contributed by atoms with van der Waals surface area (Å²) in [4.78, 5) is 32.4. The number of nitrogens with zero attached hydrogens (tertiary/aromatic N) is 3. The zero-order valence-corrected chi connectivity index (χ0v) is 16.4. The molecule has 0 saturated carbocycles. The van der Waals surface area contributed by atoms with Crippen LogP contribution in [-0.2, 0) is 16.1 Å². The summed E-state index contributed by atoms with van der Waals surface area (Å²) in [5.41, 5.74) is 4.00. The third kappa shape index (κ3) is 3.45. The zero-order chi connectivity index (χ0) is 19.7. The molecule has 0 aromatic heterocycles. The number of hydrogen-bond acceptors (Lipinski definition) is 4. The average Bonchev–Trinajstić information content (AvgIpc) is 2.95. The molecule has 144 valence electrons. The minimum absolute atomic E-state index is 0.186. The molecular weight excluding hydrogens is 350 g/mol. The lowest BCUT2D eigenvalue weighted by molar-refractivity contribution is -0.138. The van der Waals surface area contributed by atoms with Gasteiger partial charge in [-0.25, -0.2) is 0 Å². The molecule has 0 spiro atoms. The molecule has 0 unspecified atom stereocenters. The van der Waals surface area contributed by atoms with Gasteiger partial charge in [-0.2, -0.15) is 0 Å². The summed E-state index contributed by atoms with van der Waals surface area (Å²) in [7, 11) is 2.08. The predicted octanol–water partition coefficient (Wildman–Crippen LogP) is 2.52. The first-order valence-electron chi connectivity index (χ1n) is 9.69. The van der Waals surface area contributed by atoms with Gasteiger partial charge in [0.05, 0.1) is 12.1 Å². The fraction of sp³-hybridized carbons (Fsp3) is 0.304. The van der Waals surface area contributed by atoms with E-state index in [9.17, 15) is 9.59 Å². The van der Waals surface area contributed by atoms with Crippen molar-refractivity contribution in [3.63, 3.8) is 0 Å². The van der Waals surface area contributed by atoms with Crippen molar-refractivity contribution in [3.8, 4) is 0 Å². The molecule has 1 fully saturated rings. The molecule has 0 aliphatic carbocycles. The number of hydrogen-bond donors (Lipinski definition) is 0. The molecule has 2 amide bonds. The Labute approximate surface area is 165 Å². The SMILES string of the molecule is Cc1ccc(CN2C(=O)C(c3ccccc3)=C(N3CCN(C)CC3)C2=O)cc1. The monoisotopic (exact) mass is 375 g/mol. The van der Waals surface area contributed by atoms with E-state index >= 15 is 0 Å². The molecule has 5 heteroatoms. The number of piperazine rings is 1. The summed E-state index contributed by atoms with van der Waals surface area (Å²) in [6.45, 7) is 5.58. The van der Waals surface area contributed by atoms with Crippen LogP contribution >= 0.6 is 0 Å². The van der Waals surface area contributed by atoms with Crippen LogP contribution in [-0.4, -0.2) is 59.7 Å². The van der Waals surface area contributed by atoms with Crippen molar-refractivity contribution < 1.29 is 9.59 Å². The summed E-state index contributed by atoms with van der Waals surface area (Å²) in [6, 6.07) is 17.5. The van der Waals surface area contributed by atoms with Crippen LogP contribution in [0.4, 0.5) is 0 Å². The van der Waals surface area contributed by atoms with E-state index in [1.807, 2.05) is 61.5 Å². The molecule has 2 aromatic carbocycles. The highest BCUT2D eigenvalue weighted by Crippen LogP contribution is 2.33. The summed E-state index contributed by atoms with van der Waals surface area (Å²) in [5, 5.41) is 0. The molecule has 0 bridgehead atoms. The number of amides is 2. The van der Waals surface area contributed by atoms with Gasteiger partial charge in [-0.1, -0.05) is 60.2 Å². The maximum atomic E-state index is 13.3. The molecule has 2 aliphatic heterocycles. The standard InChI is InChI=1S/C23H25N3O2/c1-17-8-10-18(11-9-17)16-26-22(27)20(19-6-4-3-5-7-19)21(23(26)28)25-14-12-24(2)13-15-25/h3-11H,12-16H2,1-2H3. The number of imide groups is 1. The number of aryl methyl sites for hydroxylation is 1. The van der Waals surface area contributed by atoms with Gasteiger partial charge in [-0.3, -0.25) is 14.5 Å². The van der Waals surface area contributed by atoms with Crippen LogP contribution in [0.3, 0.4) is 0 Å². The minimum atomic E-state index is -0.203. The van der Waals surface area contributed by atoms with Gasteiger partial charge in [0.1, 0.15) is 5.70 Å². The smallest absolute Gasteiger partial charge is 0.278 e. The molecule has 0 N–H and O–H groups in total. The molecule has 4 rings (SSSR count). The van der Waals surface area contributed by atoms with Crippen LogP contribution < -0.4 is 0 Å². The predicted molar refractivity (Wildman–Crippen MR) is 109 cm³/mol. The third-order valence-corrected chi connectivity index (χ3v) is 5.49. The Morgan fingerprint density at radius 3 is 2.11 bits per heavy atom. The van der Waals surface area contributed by atoms with Gasteiger partial charge in [0.25, 0.3) is 11.8 Å². The molecule has 0 atom stereocenters. The first-order valence-corrected chi connectivity index (χ1v) is 9.69. The molecule has 2 heterocycles. The van der Waals surface area contributed by atoms with E-state index in [4.69, 9.17) is 0 Å². The van der Waals surface area contributed by atoms with E-state index in [1.54, 1.807) is 0 Å². The number of rotatable bonds is 4. The second kappa shape index (κ2) is 7.60. The highest BCUT2D eigenvalue weighted by atomic mass is 16.2. The van der Waals surface area contributed by atoms with Gasteiger partial charge in [0.2, 0.25) is 0 Å². The van der Waals surface area contributed by atoms with Crippen molar-refractivity contribution in [2.45, 2.75) is 13.5 Å². The van der Waals surface area contributed by atoms with Crippen molar-refractivity contribution in [2.75, 3.05) is 33.2 Å². The van der Waals surface area contributed by atoms with Crippen LogP contribution in [0.1, 0.15) is 16.7 Å². The van der Waals surface area contributed by atoms with Crippen LogP contribution in [0.2, 0.25) is 0 Å². The van der Waals surface area contributed by atoms with Crippen LogP contribution in [0.5, 0.6) is 0 Å². The van der Waals surface area contributed by atoms with E-state index in [-0.39, 0.29) is 11.8 Å². The van der Waals surface area contributed by atoms with Crippen LogP contribution in [0.15, 0.2) is 60.3 Å². The largest absolute Gasteiger partial charge is 0.364 e. The number of likely N-dealkylation sites (N-methyl/N-ethyl adjacent to an activating group) is 1. The molecule has 1 saturated heterocycles. The van der Waals surface area contributed by atoms with Crippen LogP contribution in [0.25, 0.3) is 5.57 Å². The van der Waals surface area contributed by atoms with E-state index in [2.05, 4.69) is 16.8 Å². The topological polar surface area (TPSA) is 43.9 Å². The number of carbonyl (C=O) groups excluding carboxylic acids is 2. The fourth-order valence-corrected chi connectivity index (χ4v) is 3.77. The van der Waals surface area contributed by atoms with Gasteiger partial charge in [0, 0.05) is 26.2 Å². The number of benzene rings is 2. The Bertz CT molecular complexity index is 911. The third-order valence-electron chi connectivity index (χ3n) is 5.49. The molecule has 0 radical (unpaired) electrons. The number of carbonyl (C=O) groups is 2. The summed E-state index contributed by atoms with van der Waals surface area (Å²) >= 11 is 0. The van der Waals surface area contributed by atoms with Gasteiger partial charge in [0.15, 0.2) is 0 Å². The Morgan fingerprint density at radius 1 is 0.821 bits per heavy atom. The molecule has 28 heavy (non-hydrogen) atoms. The minimum Gasteiger partial charge on any atom is -0.364 e. The van der Waals surface area contributed by atoms with Gasteiger partial charge in [-0.05, 0) is 25.1 Å². The van der Waals surface area contributed by atoms with Gasteiger partial charge in [-0.15, -0.1) is 0 Å². The second-order valence-electron chi connectivity index (χ2n) is 7.56. The fourth-order valence-electron chi connectivity index (χ4n) is 3.77. The van der Waals surface area contributed by atoms with Crippen molar-refractivity contribution in [1.29, 1.82) is 0 Å². The molecular formula is C23H25N3O2. The van der Waals surface area contributed by atoms with E-state index < -0.39 is 0 Å². The maximum Gasteiger partial charge on any atom is 0.278 e. The van der Waals surface area contributed by atoms with Crippen molar-refractivity contribution in [3.05, 3.63) is 77.0 Å². The first kappa shape index (κ1) is 18.4. The van der Waals surface area contributed by atoms with E-state index in [1.165, 1.54) is 4.90 Å². The molecule has 2 aromatic rings. The van der Waals surface area contributed by atoms with Crippen molar-refractivity contribution in [1.82, 2.24) is 14.7 Å². The summed E-state index contributed by atoms with van der Waals surface area (Å²) in [6.07, 6.45) is 0. The van der Waals surface area contributed by atoms with Crippen molar-refractivity contribution >= 4 is 17.4 Å². The summed E-state index contributed by atoms with van der Waals surface area (Å²) < 4.78 is 0. The maximum absolute atomic E-state index is 13.3. The van der Waals surface area contributed by atoms with E-state index in [0.29, 0.717) is 17.8 Å². The van der Waals surface area contributed by atoms with Crippen molar-refractivity contribution in [2.24, 2.45) is 0 Å². The zero-order valence-electron chi connectivity index (χ0n) is 16.4. The average molecular weight is 375 g/mol. The summed E-state index contributed by atoms with van der Waals surface area (Å²) in [5.74, 6) is -0.389. The first-order chi connectivity index (χ1) is 13.5. The Morgan fingerprint density at radius 2 is 1.46 bits per heavy atom. The molecule has 5 nitrogen and oxygen atoms in total. The highest BCUT2D eigenvalue weighted by molar-refractivity contribution is 6.35. The van der Waals surface area contributed by atoms with Crippen LogP contribution in [0, 0.1) is 6.92 Å². The lowest BCUT2D eigenvalue weighted by Gasteiger charge is -2.34. The quantitative estimate of drug-likeness (QED) is 0.771. The highest BCUT2D eigenvalue weighted by Gasteiger charge is 2.41. The molecule has 2 aliphatic rings. The second-order valence-corrected chi connectivity index (χ2v) is 7.56. The lowest BCUT2D eigenvalue weighted by Crippen LogP contribution is -2.46. The Balaban J connectivity index is 1.70. The van der Waals surface area contributed by atoms with Gasteiger partial charge < -0.3 is 9.80 Å². The Kier molecular flexibility index (Phi) is 5.01. The Hall–Kier alpha value is -2.92.